The molecule has 0 atom stereocenters. The number of rotatable bonds is 2. The lowest BCUT2D eigenvalue weighted by Gasteiger charge is -2.28. The van der Waals surface area contributed by atoms with Gasteiger partial charge in [0.2, 0.25) is 5.91 Å². The van der Waals surface area contributed by atoms with Crippen molar-refractivity contribution < 1.29 is 9.21 Å². The molecule has 104 valence electrons. The molecule has 1 aliphatic rings. The molecule has 3 rings (SSSR count). The third-order valence-corrected chi connectivity index (χ3v) is 3.53. The van der Waals surface area contributed by atoms with Gasteiger partial charge in [-0.2, -0.15) is 5.10 Å². The summed E-state index contributed by atoms with van der Waals surface area (Å²) in [7, 11) is 1.64. The van der Waals surface area contributed by atoms with Crippen molar-refractivity contribution in [2.45, 2.75) is 19.4 Å². The van der Waals surface area contributed by atoms with E-state index in [2.05, 4.69) is 5.10 Å². The van der Waals surface area contributed by atoms with Gasteiger partial charge in [0.25, 0.3) is 5.56 Å². The van der Waals surface area contributed by atoms with E-state index < -0.39 is 0 Å². The second-order valence-corrected chi connectivity index (χ2v) is 4.95. The van der Waals surface area contributed by atoms with E-state index >= 15 is 0 Å². The van der Waals surface area contributed by atoms with Crippen molar-refractivity contribution in [3.8, 4) is 0 Å². The van der Waals surface area contributed by atoms with Crippen LogP contribution < -0.4 is 5.56 Å². The molecular weight excluding hydrogens is 258 g/mol. The van der Waals surface area contributed by atoms with Crippen LogP contribution in [0.2, 0.25) is 0 Å². The van der Waals surface area contributed by atoms with Crippen LogP contribution in [0.4, 0.5) is 0 Å². The standard InChI is InChI=1S/C14H15N3O3/c1-16-13(18)7-11-8-17(4-2-12(11)15-16)14(19)6-10-3-5-20-9-10/h3,5,7,9H,2,4,6,8H2,1H3. The number of amides is 1. The van der Waals surface area contributed by atoms with Gasteiger partial charge < -0.3 is 9.32 Å². The molecule has 6 nitrogen and oxygen atoms in total. The Balaban J connectivity index is 1.76. The van der Waals surface area contributed by atoms with Crippen molar-refractivity contribution in [1.29, 1.82) is 0 Å². The lowest BCUT2D eigenvalue weighted by atomic mass is 10.1. The summed E-state index contributed by atoms with van der Waals surface area (Å²) in [6.07, 6.45) is 4.14. The first-order valence-corrected chi connectivity index (χ1v) is 6.48. The fraction of sp³-hybridized carbons (Fsp3) is 0.357. The first kappa shape index (κ1) is 12.7. The number of furan rings is 1. The molecule has 1 aliphatic heterocycles. The summed E-state index contributed by atoms with van der Waals surface area (Å²) in [5, 5.41) is 4.23. The maximum absolute atomic E-state index is 12.2. The van der Waals surface area contributed by atoms with Gasteiger partial charge in [-0.05, 0) is 11.6 Å². The van der Waals surface area contributed by atoms with Crippen molar-refractivity contribution >= 4 is 5.91 Å². The molecule has 0 spiro atoms. The van der Waals surface area contributed by atoms with Crippen molar-refractivity contribution in [3.05, 3.63) is 51.8 Å². The summed E-state index contributed by atoms with van der Waals surface area (Å²) in [6.45, 7) is 1.09. The molecule has 0 unspecified atom stereocenters. The number of fused-ring (bicyclic) bond motifs is 1. The normalized spacial score (nSPS) is 14.2. The van der Waals surface area contributed by atoms with Crippen LogP contribution in [0.1, 0.15) is 16.8 Å². The van der Waals surface area contributed by atoms with E-state index in [1.165, 1.54) is 4.68 Å². The highest BCUT2D eigenvalue weighted by molar-refractivity contribution is 5.78. The highest BCUT2D eigenvalue weighted by Gasteiger charge is 2.22. The number of carbonyl (C=O) groups is 1. The number of nitrogens with zero attached hydrogens (tertiary/aromatic N) is 3. The van der Waals surface area contributed by atoms with Crippen LogP contribution in [-0.2, 0) is 31.2 Å². The molecular formula is C14H15N3O3. The predicted molar refractivity (Wildman–Crippen MR) is 71.0 cm³/mol. The van der Waals surface area contributed by atoms with E-state index in [-0.39, 0.29) is 11.5 Å². The number of carbonyl (C=O) groups excluding carboxylic acids is 1. The van der Waals surface area contributed by atoms with E-state index in [1.54, 1.807) is 36.6 Å². The molecule has 0 bridgehead atoms. The van der Waals surface area contributed by atoms with Gasteiger partial charge in [-0.25, -0.2) is 4.68 Å². The topological polar surface area (TPSA) is 68.3 Å². The Kier molecular flexibility index (Phi) is 3.14. The Bertz CT molecular complexity index is 688. The molecule has 2 aromatic heterocycles. The fourth-order valence-electron chi connectivity index (χ4n) is 2.39. The van der Waals surface area contributed by atoms with E-state index in [1.807, 2.05) is 0 Å². The minimum atomic E-state index is -0.145. The zero-order valence-corrected chi connectivity index (χ0v) is 11.2. The van der Waals surface area contributed by atoms with Gasteiger partial charge in [-0.1, -0.05) is 0 Å². The summed E-state index contributed by atoms with van der Waals surface area (Å²) in [5.41, 5.74) is 2.47. The van der Waals surface area contributed by atoms with Crippen LogP contribution >= 0.6 is 0 Å². The second kappa shape index (κ2) is 4.96. The maximum Gasteiger partial charge on any atom is 0.266 e. The summed E-state index contributed by atoms with van der Waals surface area (Å²) in [4.78, 5) is 25.6. The van der Waals surface area contributed by atoms with Crippen LogP contribution in [0.15, 0.2) is 33.9 Å². The first-order chi connectivity index (χ1) is 9.63. The Morgan fingerprint density at radius 3 is 3.10 bits per heavy atom. The van der Waals surface area contributed by atoms with Crippen LogP contribution in [0.3, 0.4) is 0 Å². The average Bonchev–Trinajstić information content (AvgIpc) is 2.92. The van der Waals surface area contributed by atoms with Crippen molar-refractivity contribution in [2.24, 2.45) is 7.05 Å². The molecule has 2 aromatic rings. The highest BCUT2D eigenvalue weighted by atomic mass is 16.3. The Labute approximate surface area is 115 Å². The minimum absolute atomic E-state index is 0.0396. The molecule has 6 heteroatoms. The lowest BCUT2D eigenvalue weighted by Crippen LogP contribution is -2.38. The van der Waals surface area contributed by atoms with E-state index in [0.717, 1.165) is 16.8 Å². The lowest BCUT2D eigenvalue weighted by molar-refractivity contribution is -0.131. The van der Waals surface area contributed by atoms with Crippen LogP contribution in [0, 0.1) is 0 Å². The molecule has 0 saturated heterocycles. The van der Waals surface area contributed by atoms with Gasteiger partial charge in [0.15, 0.2) is 0 Å². The molecule has 0 radical (unpaired) electrons. The number of hydrogen-bond donors (Lipinski definition) is 0. The Morgan fingerprint density at radius 2 is 2.35 bits per heavy atom. The number of aromatic nitrogens is 2. The average molecular weight is 273 g/mol. The van der Waals surface area contributed by atoms with Gasteiger partial charge >= 0.3 is 0 Å². The highest BCUT2D eigenvalue weighted by Crippen LogP contribution is 2.16. The molecule has 1 amide bonds. The first-order valence-electron chi connectivity index (χ1n) is 6.48. The van der Waals surface area contributed by atoms with Gasteiger partial charge in [0.1, 0.15) is 0 Å². The summed E-state index contributed by atoms with van der Waals surface area (Å²) >= 11 is 0. The summed E-state index contributed by atoms with van der Waals surface area (Å²) < 4.78 is 6.30. The van der Waals surface area contributed by atoms with Gasteiger partial charge in [-0.15, -0.1) is 0 Å². The van der Waals surface area contributed by atoms with Crippen LogP contribution in [0.5, 0.6) is 0 Å². The maximum atomic E-state index is 12.2. The van der Waals surface area contributed by atoms with Crippen molar-refractivity contribution in [2.75, 3.05) is 6.54 Å². The molecule has 20 heavy (non-hydrogen) atoms. The van der Waals surface area contributed by atoms with E-state index in [9.17, 15) is 9.59 Å². The monoisotopic (exact) mass is 273 g/mol. The molecule has 0 aliphatic carbocycles. The van der Waals surface area contributed by atoms with Crippen LogP contribution in [-0.4, -0.2) is 27.1 Å². The second-order valence-electron chi connectivity index (χ2n) is 4.95. The van der Waals surface area contributed by atoms with Gasteiger partial charge in [0, 0.05) is 38.2 Å². The molecule has 0 fully saturated rings. The third-order valence-electron chi connectivity index (χ3n) is 3.53. The Hall–Kier alpha value is -2.37. The van der Waals surface area contributed by atoms with E-state index in [4.69, 9.17) is 4.42 Å². The SMILES string of the molecule is Cn1nc2c(cc1=O)CN(C(=O)Cc1ccoc1)CC2. The fourth-order valence-corrected chi connectivity index (χ4v) is 2.39. The smallest absolute Gasteiger partial charge is 0.266 e. The van der Waals surface area contributed by atoms with Crippen molar-refractivity contribution in [1.82, 2.24) is 14.7 Å². The molecule has 0 N–H and O–H groups in total. The number of aryl methyl sites for hydroxylation is 1. The Morgan fingerprint density at radius 1 is 1.50 bits per heavy atom. The number of hydrogen-bond acceptors (Lipinski definition) is 4. The summed E-state index contributed by atoms with van der Waals surface area (Å²) in [6, 6.07) is 3.35. The largest absolute Gasteiger partial charge is 0.472 e. The van der Waals surface area contributed by atoms with Gasteiger partial charge in [-0.3, -0.25) is 9.59 Å². The van der Waals surface area contributed by atoms with Gasteiger partial charge in [0.05, 0.1) is 24.6 Å². The zero-order chi connectivity index (χ0) is 14.1. The third kappa shape index (κ3) is 2.36. The molecule has 0 saturated carbocycles. The van der Waals surface area contributed by atoms with Crippen LogP contribution in [0.25, 0.3) is 0 Å². The van der Waals surface area contributed by atoms with E-state index in [0.29, 0.717) is 25.9 Å². The minimum Gasteiger partial charge on any atom is -0.472 e. The van der Waals surface area contributed by atoms with Crippen molar-refractivity contribution in [3.63, 3.8) is 0 Å². The quantitative estimate of drug-likeness (QED) is 0.799. The predicted octanol–water partition coefficient (Wildman–Crippen LogP) is 0.501. The molecule has 0 aromatic carbocycles. The molecule has 3 heterocycles. The summed E-state index contributed by atoms with van der Waals surface area (Å²) in [5.74, 6) is 0.0396. The zero-order valence-electron chi connectivity index (χ0n) is 11.2.